The maximum atomic E-state index is 13.5. The molecule has 0 atom stereocenters. The summed E-state index contributed by atoms with van der Waals surface area (Å²) in [5, 5.41) is 4.12. The number of hydrogen-bond acceptors (Lipinski definition) is 5. The zero-order valence-corrected chi connectivity index (χ0v) is 23.6. The summed E-state index contributed by atoms with van der Waals surface area (Å²) >= 11 is 5.34. The van der Waals surface area contributed by atoms with Gasteiger partial charge in [0, 0.05) is 27.2 Å². The highest BCUT2D eigenvalue weighted by Crippen LogP contribution is 2.40. The molecule has 1 amide bonds. The van der Waals surface area contributed by atoms with Crippen molar-refractivity contribution < 1.29 is 14.3 Å². The Morgan fingerprint density at radius 3 is 2.65 bits per heavy atom. The van der Waals surface area contributed by atoms with Gasteiger partial charge in [-0.15, -0.1) is 11.3 Å². The first-order valence-electron chi connectivity index (χ1n) is 13.2. The van der Waals surface area contributed by atoms with Crippen molar-refractivity contribution in [3.8, 4) is 11.5 Å². The van der Waals surface area contributed by atoms with Crippen LogP contribution in [0, 0.1) is 0 Å². The highest BCUT2D eigenvalue weighted by atomic mass is 79.9. The van der Waals surface area contributed by atoms with Crippen LogP contribution in [0.5, 0.6) is 11.5 Å². The van der Waals surface area contributed by atoms with Crippen molar-refractivity contribution >= 4 is 44.4 Å². The van der Waals surface area contributed by atoms with Crippen LogP contribution in [0.25, 0.3) is 0 Å². The van der Waals surface area contributed by atoms with Crippen LogP contribution < -0.4 is 14.8 Å². The van der Waals surface area contributed by atoms with Crippen molar-refractivity contribution in [2.45, 2.75) is 70.4 Å². The van der Waals surface area contributed by atoms with Gasteiger partial charge in [-0.1, -0.05) is 49.6 Å². The van der Waals surface area contributed by atoms with Crippen LogP contribution in [0.15, 0.2) is 51.9 Å². The third-order valence-corrected chi connectivity index (χ3v) is 9.05. The molecule has 0 spiro atoms. The number of thiophene rings is 1. The monoisotopic (exact) mass is 580 g/mol. The Balaban J connectivity index is 1.39. The largest absolute Gasteiger partial charge is 0.493 e. The molecule has 5 rings (SSSR count). The number of carbonyl (C=O) groups excluding carboxylic acids is 1. The number of halogens is 1. The number of benzene rings is 2. The van der Waals surface area contributed by atoms with Gasteiger partial charge in [0.25, 0.3) is 5.91 Å². The molecule has 7 heteroatoms. The molecule has 1 N–H and O–H groups in total. The summed E-state index contributed by atoms with van der Waals surface area (Å²) in [6.45, 7) is 0.456. The number of rotatable bonds is 8. The number of hydrogen-bond donors (Lipinski definition) is 1. The van der Waals surface area contributed by atoms with Gasteiger partial charge in [0.15, 0.2) is 11.5 Å². The van der Waals surface area contributed by atoms with Gasteiger partial charge < -0.3 is 14.8 Å². The van der Waals surface area contributed by atoms with Crippen LogP contribution in [-0.2, 0) is 19.4 Å². The summed E-state index contributed by atoms with van der Waals surface area (Å²) in [6, 6.07) is 14.2. The molecular weight excluding hydrogens is 548 g/mol. The number of carbonyl (C=O) groups is 1. The third kappa shape index (κ3) is 6.27. The number of nitrogens with zero attached hydrogens (tertiary/aromatic N) is 1. The fourth-order valence-corrected chi connectivity index (χ4v) is 6.82. The molecule has 1 fully saturated rings. The van der Waals surface area contributed by atoms with E-state index in [0.29, 0.717) is 18.1 Å². The van der Waals surface area contributed by atoms with E-state index < -0.39 is 0 Å². The van der Waals surface area contributed by atoms with E-state index in [0.717, 1.165) is 58.3 Å². The zero-order chi connectivity index (χ0) is 25.6. The van der Waals surface area contributed by atoms with Crippen molar-refractivity contribution in [1.29, 1.82) is 0 Å². The molecule has 1 heterocycles. The molecule has 0 radical (unpaired) electrons. The lowest BCUT2D eigenvalue weighted by Crippen LogP contribution is -2.36. The minimum Gasteiger partial charge on any atom is -0.493 e. The average Bonchev–Trinajstić information content (AvgIpc) is 3.31. The average molecular weight is 582 g/mol. The first-order valence-corrected chi connectivity index (χ1v) is 14.8. The molecule has 1 saturated carbocycles. The molecular formula is C30H33BrN2O3S. The third-order valence-electron chi connectivity index (χ3n) is 7.16. The van der Waals surface area contributed by atoms with Crippen LogP contribution in [-0.4, -0.2) is 25.3 Å². The molecule has 2 aliphatic carbocycles. The van der Waals surface area contributed by atoms with Gasteiger partial charge in [0.1, 0.15) is 11.6 Å². The SMILES string of the molecule is COc1cc(/C=N\c2sc3c(c2C(=O)NC2CCCCC2)CCCC3)c(Br)cc1OCc1ccccc1. The van der Waals surface area contributed by atoms with E-state index in [-0.39, 0.29) is 11.9 Å². The maximum absolute atomic E-state index is 13.5. The number of aryl methyl sites for hydroxylation is 1. The Morgan fingerprint density at radius 2 is 1.86 bits per heavy atom. The minimum atomic E-state index is 0.0414. The summed E-state index contributed by atoms with van der Waals surface area (Å²) in [5.74, 6) is 1.34. The van der Waals surface area contributed by atoms with Crippen molar-refractivity contribution in [3.63, 3.8) is 0 Å². The van der Waals surface area contributed by atoms with Gasteiger partial charge >= 0.3 is 0 Å². The van der Waals surface area contributed by atoms with Crippen LogP contribution in [0.3, 0.4) is 0 Å². The molecule has 2 aromatic carbocycles. The molecule has 2 aliphatic rings. The first kappa shape index (κ1) is 26.0. The lowest BCUT2D eigenvalue weighted by molar-refractivity contribution is 0.0927. The Labute approximate surface area is 231 Å². The van der Waals surface area contributed by atoms with E-state index in [1.807, 2.05) is 48.7 Å². The second-order valence-electron chi connectivity index (χ2n) is 9.76. The standard InChI is InChI=1S/C30H33BrN2O3S/c1-35-25-16-21(24(31)17-26(25)36-19-20-10-4-2-5-11-20)18-32-30-28(23-14-8-9-15-27(23)37-30)29(34)33-22-12-6-3-7-13-22/h2,4-5,10-11,16-18,22H,3,6-9,12-15,19H2,1H3,(H,33,34)/b32-18-. The minimum absolute atomic E-state index is 0.0414. The predicted molar refractivity (Wildman–Crippen MR) is 154 cm³/mol. The number of ether oxygens (including phenoxy) is 2. The number of nitrogens with one attached hydrogen (secondary N) is 1. The van der Waals surface area contributed by atoms with E-state index in [9.17, 15) is 4.79 Å². The summed E-state index contributed by atoms with van der Waals surface area (Å²) in [7, 11) is 1.64. The summed E-state index contributed by atoms with van der Waals surface area (Å²) < 4.78 is 12.5. The summed E-state index contributed by atoms with van der Waals surface area (Å²) in [5.41, 5.74) is 3.95. The van der Waals surface area contributed by atoms with Crippen molar-refractivity contribution in [3.05, 3.63) is 74.1 Å². The maximum Gasteiger partial charge on any atom is 0.254 e. The first-order chi connectivity index (χ1) is 18.1. The van der Waals surface area contributed by atoms with Gasteiger partial charge in [-0.3, -0.25) is 4.79 Å². The van der Waals surface area contributed by atoms with Crippen molar-refractivity contribution in [2.75, 3.05) is 7.11 Å². The predicted octanol–water partition coefficient (Wildman–Crippen LogP) is 7.79. The summed E-state index contributed by atoms with van der Waals surface area (Å²) in [6.07, 6.45) is 11.9. The van der Waals surface area contributed by atoms with E-state index in [1.165, 1.54) is 36.1 Å². The molecule has 0 unspecified atom stereocenters. The lowest BCUT2D eigenvalue weighted by Gasteiger charge is -2.23. The Kier molecular flexibility index (Phi) is 8.62. The van der Waals surface area contributed by atoms with E-state index >= 15 is 0 Å². The normalized spacial score (nSPS) is 15.9. The highest BCUT2D eigenvalue weighted by molar-refractivity contribution is 9.10. The van der Waals surface area contributed by atoms with Crippen LogP contribution in [0.1, 0.15) is 76.9 Å². The van der Waals surface area contributed by atoms with Gasteiger partial charge in [-0.05, 0) is 77.7 Å². The molecule has 1 aromatic heterocycles. The number of amides is 1. The topological polar surface area (TPSA) is 59.9 Å². The smallest absolute Gasteiger partial charge is 0.254 e. The van der Waals surface area contributed by atoms with Crippen LogP contribution in [0.4, 0.5) is 5.00 Å². The fourth-order valence-electron chi connectivity index (χ4n) is 5.17. The van der Waals surface area contributed by atoms with E-state index in [2.05, 4.69) is 21.2 Å². The van der Waals surface area contributed by atoms with Crippen LogP contribution >= 0.6 is 27.3 Å². The van der Waals surface area contributed by atoms with Crippen molar-refractivity contribution in [2.24, 2.45) is 4.99 Å². The molecule has 5 nitrogen and oxygen atoms in total. The molecule has 194 valence electrons. The van der Waals surface area contributed by atoms with Gasteiger partial charge in [-0.2, -0.15) is 0 Å². The molecule has 37 heavy (non-hydrogen) atoms. The molecule has 0 saturated heterocycles. The quantitative estimate of drug-likeness (QED) is 0.276. The zero-order valence-electron chi connectivity index (χ0n) is 21.2. The van der Waals surface area contributed by atoms with E-state index in [1.54, 1.807) is 18.4 Å². The summed E-state index contributed by atoms with van der Waals surface area (Å²) in [4.78, 5) is 19.6. The molecule has 0 aliphatic heterocycles. The van der Waals surface area contributed by atoms with Gasteiger partial charge in [0.05, 0.1) is 12.7 Å². The second-order valence-corrected chi connectivity index (χ2v) is 11.7. The van der Waals surface area contributed by atoms with Gasteiger partial charge in [-0.25, -0.2) is 4.99 Å². The highest BCUT2D eigenvalue weighted by Gasteiger charge is 2.27. The Hall–Kier alpha value is -2.64. The van der Waals surface area contributed by atoms with E-state index in [4.69, 9.17) is 14.5 Å². The Bertz CT molecular complexity index is 1270. The number of aliphatic imine (C=N–C) groups is 1. The lowest BCUT2D eigenvalue weighted by atomic mass is 9.93. The Morgan fingerprint density at radius 1 is 1.08 bits per heavy atom. The fraction of sp³-hybridized carbons (Fsp3) is 0.400. The molecule has 0 bridgehead atoms. The molecule has 3 aromatic rings. The van der Waals surface area contributed by atoms with Crippen molar-refractivity contribution in [1.82, 2.24) is 5.32 Å². The van der Waals surface area contributed by atoms with Gasteiger partial charge in [0.2, 0.25) is 0 Å². The van der Waals surface area contributed by atoms with Crippen LogP contribution in [0.2, 0.25) is 0 Å². The second kappa shape index (κ2) is 12.3. The number of methoxy groups -OCH3 is 1. The number of fused-ring (bicyclic) bond motifs is 1.